The van der Waals surface area contributed by atoms with Crippen LogP contribution < -0.4 is 45.9 Å². The van der Waals surface area contributed by atoms with E-state index in [-0.39, 0.29) is 23.8 Å². The largest absolute Gasteiger partial charge is 0.508 e. The van der Waals surface area contributed by atoms with Gasteiger partial charge in [-0.05, 0) is 427 Å². The van der Waals surface area contributed by atoms with Gasteiger partial charge in [-0.3, -0.25) is 39.9 Å². The van der Waals surface area contributed by atoms with Gasteiger partial charge >= 0.3 is 0 Å². The Morgan fingerprint density at radius 2 is 0.664 bits per heavy atom. The van der Waals surface area contributed by atoms with Gasteiger partial charge < -0.3 is 86.7 Å². The lowest BCUT2D eigenvalue weighted by Crippen LogP contribution is -2.09. The van der Waals surface area contributed by atoms with Crippen LogP contribution >= 0.6 is 203 Å². The Bertz CT molecular complexity index is 4330. The number of halogens is 9. The summed E-state index contributed by atoms with van der Waals surface area (Å²) in [6.07, 6.45) is 2.15. The smallest absolute Gasteiger partial charge is 0.160 e. The molecule has 0 aliphatic carbocycles. The van der Waals surface area contributed by atoms with Crippen LogP contribution in [0.4, 0.5) is 0 Å². The summed E-state index contributed by atoms with van der Waals surface area (Å²) in [4.78, 5) is 32.4. The van der Waals surface area contributed by atoms with Gasteiger partial charge in [0.1, 0.15) is 17.2 Å². The first-order valence-electron chi connectivity index (χ1n) is 34.7. The van der Waals surface area contributed by atoms with E-state index in [1.54, 1.807) is 65.8 Å². The first-order valence-corrected chi connectivity index (χ1v) is 44.4. The average molecular weight is 2590 g/mol. The average Bonchev–Trinajstić information content (AvgIpc) is 0.857. The van der Waals surface area contributed by atoms with E-state index >= 15 is 0 Å². The Labute approximate surface area is 787 Å². The van der Waals surface area contributed by atoms with E-state index in [0.29, 0.717) is 115 Å². The maximum Gasteiger partial charge on any atom is 0.160 e. The number of benzene rings is 8. The predicted molar refractivity (Wildman–Crippen MR) is 545 cm³/mol. The third-order valence-electron chi connectivity index (χ3n) is 14.2. The molecule has 33 heteroatoms. The molecular weight excluding hydrogens is 2490 g/mol. The normalized spacial score (nSPS) is 12.6. The quantitative estimate of drug-likeness (QED) is 0.0116. The molecule has 614 valence electrons. The molecule has 0 aliphatic heterocycles. The zero-order chi connectivity index (χ0) is 85.3. The van der Waals surface area contributed by atoms with Crippen LogP contribution in [0.3, 0.4) is 0 Å². The van der Waals surface area contributed by atoms with Crippen molar-refractivity contribution >= 4 is 250 Å². The molecule has 8 aromatic rings. The van der Waals surface area contributed by atoms with Crippen LogP contribution in [0.1, 0.15) is 118 Å². The third kappa shape index (κ3) is 52.4. The molecule has 0 saturated heterocycles. The molecule has 24 N–H and O–H groups in total. The molecule has 8 rings (SSSR count). The van der Waals surface area contributed by atoms with Crippen molar-refractivity contribution in [1.82, 2.24) is 0 Å². The van der Waals surface area contributed by atoms with Crippen LogP contribution in [0.15, 0.2) is 198 Å². The lowest BCUT2D eigenvalue weighted by molar-refractivity contribution is 0.186. The number of rotatable bonds is 24. The number of aromatic hydroxyl groups is 5. The zero-order valence-electron chi connectivity index (χ0n) is 64.1. The van der Waals surface area contributed by atoms with E-state index < -0.39 is 18.3 Å². The second-order valence-electron chi connectivity index (χ2n) is 24.5. The number of hydrogen-bond acceptors (Lipinski definition) is 16. The summed E-state index contributed by atoms with van der Waals surface area (Å²) < 4.78 is 9.49. The van der Waals surface area contributed by atoms with Crippen LogP contribution in [-0.2, 0) is 32.1 Å². The lowest BCUT2D eigenvalue weighted by atomic mass is 10.1. The van der Waals surface area contributed by atoms with Crippen molar-refractivity contribution in [2.45, 2.75) is 106 Å². The number of nitrogens with zero attached hydrogens (tertiary/aromatic N) is 8. The summed E-state index contributed by atoms with van der Waals surface area (Å²) in [5.74, 6) is 5.11. The van der Waals surface area contributed by atoms with Gasteiger partial charge in [0.15, 0.2) is 11.5 Å². The molecule has 0 aliphatic rings. The molecule has 0 aromatic heterocycles. The number of aliphatic imine (C=N–C) groups is 8. The fraction of sp³-hybridized carbons (Fsp3) is 0.300. The van der Waals surface area contributed by atoms with Crippen molar-refractivity contribution in [1.29, 1.82) is 0 Å². The minimum Gasteiger partial charge on any atom is -0.508 e. The Kier molecular flexibility index (Phi) is 56.7. The Balaban J connectivity index is 0.000000646. The van der Waals surface area contributed by atoms with Gasteiger partial charge in [-0.25, -0.2) is 0 Å². The van der Waals surface area contributed by atoms with E-state index in [4.69, 9.17) is 45.9 Å². The van der Waals surface area contributed by atoms with Crippen molar-refractivity contribution in [3.8, 4) is 28.7 Å². The van der Waals surface area contributed by atoms with Gasteiger partial charge in [0.2, 0.25) is 0 Å². The van der Waals surface area contributed by atoms with Crippen LogP contribution in [0.25, 0.3) is 0 Å². The minimum atomic E-state index is -0.730. The maximum atomic E-state index is 9.80. The van der Waals surface area contributed by atoms with Crippen molar-refractivity contribution in [3.63, 3.8) is 0 Å². The first kappa shape index (κ1) is 106. The molecule has 0 fully saturated rings. The molecule has 113 heavy (non-hydrogen) atoms. The summed E-state index contributed by atoms with van der Waals surface area (Å²) in [6, 6.07) is 50.0. The van der Waals surface area contributed by atoms with Crippen LogP contribution in [0.2, 0.25) is 0 Å². The highest BCUT2D eigenvalue weighted by Crippen LogP contribution is 2.32. The maximum absolute atomic E-state index is 9.80. The number of aliphatic hydroxyl groups excluding tert-OH is 3. The molecule has 0 heterocycles. The Morgan fingerprint density at radius 1 is 0.283 bits per heavy atom. The van der Waals surface area contributed by atoms with E-state index in [0.717, 1.165) is 79.6 Å². The summed E-state index contributed by atoms with van der Waals surface area (Å²) in [6.45, 7) is 18.2. The zero-order valence-corrected chi connectivity index (χ0v) is 83.5. The molecule has 8 aromatic carbocycles. The number of phenols is 5. The van der Waals surface area contributed by atoms with Gasteiger partial charge in [0.25, 0.3) is 0 Å². The number of hydrogen-bond donors (Lipinski definition) is 16. The number of aliphatic hydroxyl groups is 3. The highest BCUT2D eigenvalue weighted by molar-refractivity contribution is 14.1. The molecule has 0 spiro atoms. The molecule has 0 radical (unpaired) electrons. The molecule has 3 atom stereocenters. The van der Waals surface area contributed by atoms with Gasteiger partial charge in [-0.1, -0.05) is 60.7 Å². The highest BCUT2D eigenvalue weighted by Gasteiger charge is 2.12. The van der Waals surface area contributed by atoms with Crippen molar-refractivity contribution < 1.29 is 40.9 Å². The second-order valence-corrected chi connectivity index (χ2v) is 35.5. The van der Waals surface area contributed by atoms with E-state index in [9.17, 15) is 40.9 Å². The molecular formula is C80H103I9N16O8. The summed E-state index contributed by atoms with van der Waals surface area (Å²) in [5.41, 5.74) is 51.0. The number of nitrogens with two attached hydrogens (primary N) is 8. The van der Waals surface area contributed by atoms with Crippen molar-refractivity contribution in [3.05, 3.63) is 234 Å². The summed E-state index contributed by atoms with van der Waals surface area (Å²) in [7, 11) is 0. The highest BCUT2D eigenvalue weighted by atomic mass is 131. The van der Waals surface area contributed by atoms with Gasteiger partial charge in [-0.15, -0.1) is 0 Å². The summed E-state index contributed by atoms with van der Waals surface area (Å²) in [5, 5.41) is 76.6. The monoisotopic (exact) mass is 2590 g/mol. The molecule has 0 unspecified atom stereocenters. The van der Waals surface area contributed by atoms with Crippen LogP contribution in [0, 0.1) is 32.1 Å². The van der Waals surface area contributed by atoms with Crippen LogP contribution in [-0.4, -0.2) is 140 Å². The third-order valence-corrected chi connectivity index (χ3v) is 20.9. The summed E-state index contributed by atoms with van der Waals surface area (Å²) >= 11 is 19.7. The minimum absolute atomic E-state index is 0.0692. The SMILES string of the molecule is CC(N)=NCCc1cc(O)cc([131I])c1.CC(N)=NCCc1cc([131I])cc(O)c1O.CC(N)=NCCc1cc([131I])cc([131I])c1O.CC(N)=NCCc1cccc([131I])c1.CC(N)=NCCc1ccccc1[131I].CC(N)=NC[C@H](O)c1ccc([131I])c(O)c1.CC(N)=NC[C@H](O)c1ccc([131I])cc1.CC(N)=NC[C@H](O)c1cccc([131I])c1. The lowest BCUT2D eigenvalue weighted by Gasteiger charge is -2.09. The van der Waals surface area contributed by atoms with Crippen LogP contribution in [0.5, 0.6) is 28.7 Å². The standard InChI is InChI=1S/C10H12I2N2O.2C10H13IN2O2.3C10H13IN2O.2C10H13IN2/c1-6(13)14-3-2-7-4-8(11)5-9(12)10(7)15;1-6(12)13-3-2-7-4-8(11)5-9(14)10(7)15;1-6(12)13-5-10(15)7-2-3-8(11)9(14)4-7;1-7(12)13-6-10(14)8-2-4-9(11)5-3-8;1-7(12)13-3-2-8-4-9(11)6-10(14)5-8;1-7(12)13-6-10(14)8-3-2-4-9(11)5-8;1-8(12)13-6-5-9-3-2-4-10(11)7-9;1-8(12)13-7-6-9-4-2-3-5-10(9)11/h4-5,15H,2-3H2,1H3,(H2,13,14);4-5,14-15H,2-3H2,1H3,(H2,12,13);2-4,10,14-15H,5H2,1H3,(H2,12,13);2-5,10,14H,6H2,1H3,(H2,12,13);4-6,14H,2-3H2,1H3,(H2,12,13);2-5,10,14H,6H2,1H3,(H2,12,13);2-4,7H,5-6H2,1H3,(H2,12,13);2-5H,6-7H2,1H3,(H2,12,13)/t;;2*10-;;10-;;/m..00.0../s1/i11+4,12+4;7*11+4. The number of amidine groups is 8. The fourth-order valence-electron chi connectivity index (χ4n) is 8.74. The molecule has 0 amide bonds. The molecule has 24 nitrogen and oxygen atoms in total. The van der Waals surface area contributed by atoms with E-state index in [2.05, 4.69) is 263 Å². The topological polar surface area (TPSA) is 469 Å². The predicted octanol–water partition coefficient (Wildman–Crippen LogP) is 15.3. The van der Waals surface area contributed by atoms with Gasteiger partial charge in [-0.2, -0.15) is 0 Å². The fourth-order valence-corrected chi connectivity index (χ4v) is 14.6. The van der Waals surface area contributed by atoms with Gasteiger partial charge in [0.05, 0.1) is 91.8 Å². The Hall–Kier alpha value is -5.03. The first-order chi connectivity index (χ1) is 53.1. The van der Waals surface area contributed by atoms with Gasteiger partial charge in [0, 0.05) is 63.3 Å². The second kappa shape index (κ2) is 60.4. The van der Waals surface area contributed by atoms with Crippen molar-refractivity contribution in [2.75, 3.05) is 52.4 Å². The van der Waals surface area contributed by atoms with E-state index in [1.807, 2.05) is 115 Å². The number of phenolic OH excluding ortho intramolecular Hbond substituents is 5. The van der Waals surface area contributed by atoms with Crippen molar-refractivity contribution in [2.24, 2.45) is 85.8 Å². The van der Waals surface area contributed by atoms with E-state index in [1.165, 1.54) is 30.4 Å². The molecule has 0 bridgehead atoms. The molecule has 0 saturated carbocycles. The Morgan fingerprint density at radius 3 is 1.11 bits per heavy atom.